The van der Waals surface area contributed by atoms with Crippen LogP contribution in [0.15, 0.2) is 12.1 Å². The van der Waals surface area contributed by atoms with Crippen LogP contribution in [-0.2, 0) is 9.47 Å². The minimum Gasteiger partial charge on any atom is -0.465 e. The van der Waals surface area contributed by atoms with Gasteiger partial charge >= 0.3 is 5.97 Å². The van der Waals surface area contributed by atoms with Gasteiger partial charge in [-0.25, -0.2) is 4.79 Å². The van der Waals surface area contributed by atoms with Crippen LogP contribution in [-0.4, -0.2) is 31.8 Å². The lowest BCUT2D eigenvalue weighted by atomic mass is 10.0. The molecule has 5 heteroatoms. The van der Waals surface area contributed by atoms with Crippen molar-refractivity contribution >= 4 is 17.3 Å². The molecule has 1 heterocycles. The van der Waals surface area contributed by atoms with Gasteiger partial charge in [-0.3, -0.25) is 0 Å². The fourth-order valence-electron chi connectivity index (χ4n) is 3.03. The molecule has 2 atom stereocenters. The summed E-state index contributed by atoms with van der Waals surface area (Å²) in [6.07, 6.45) is 3.82. The van der Waals surface area contributed by atoms with E-state index in [9.17, 15) is 4.79 Å². The molecule has 0 bridgehead atoms. The average Bonchev–Trinajstić information content (AvgIpc) is 3.22. The fraction of sp³-hybridized carbons (Fsp3) is 0.562. The number of benzene rings is 1. The van der Waals surface area contributed by atoms with Gasteiger partial charge in [0.05, 0.1) is 24.8 Å². The first-order valence-electron chi connectivity index (χ1n) is 7.46. The molecule has 2 fully saturated rings. The Kier molecular flexibility index (Phi) is 3.76. The fourth-order valence-corrected chi connectivity index (χ4v) is 3.03. The van der Waals surface area contributed by atoms with Crippen molar-refractivity contribution in [2.75, 3.05) is 24.8 Å². The van der Waals surface area contributed by atoms with E-state index in [0.717, 1.165) is 24.3 Å². The third-order valence-corrected chi connectivity index (χ3v) is 4.37. The van der Waals surface area contributed by atoms with E-state index in [-0.39, 0.29) is 0 Å². The van der Waals surface area contributed by atoms with E-state index in [1.54, 1.807) is 6.07 Å². The number of carbonyl (C=O) groups is 1. The van der Waals surface area contributed by atoms with Gasteiger partial charge in [-0.15, -0.1) is 0 Å². The maximum atomic E-state index is 11.8. The molecule has 0 spiro atoms. The van der Waals surface area contributed by atoms with Crippen molar-refractivity contribution in [2.24, 2.45) is 5.92 Å². The van der Waals surface area contributed by atoms with Crippen molar-refractivity contribution in [1.29, 1.82) is 0 Å². The number of anilines is 2. The Morgan fingerprint density at radius 3 is 2.81 bits per heavy atom. The Bertz CT molecular complexity index is 555. The molecule has 1 saturated carbocycles. The molecule has 1 aliphatic carbocycles. The van der Waals surface area contributed by atoms with E-state index in [1.807, 2.05) is 13.0 Å². The van der Waals surface area contributed by atoms with E-state index in [0.29, 0.717) is 29.3 Å². The van der Waals surface area contributed by atoms with Crippen LogP contribution in [0.2, 0.25) is 0 Å². The molecule has 3 rings (SSSR count). The number of nitrogen functional groups attached to an aromatic ring is 1. The van der Waals surface area contributed by atoms with Gasteiger partial charge in [0.1, 0.15) is 0 Å². The average molecular weight is 290 g/mol. The molecule has 1 aromatic rings. The second-order valence-electron chi connectivity index (χ2n) is 5.96. The van der Waals surface area contributed by atoms with Gasteiger partial charge in [-0.1, -0.05) is 0 Å². The lowest BCUT2D eigenvalue weighted by Gasteiger charge is -2.21. The number of methoxy groups -OCH3 is 1. The van der Waals surface area contributed by atoms with Gasteiger partial charge in [-0.2, -0.15) is 0 Å². The first-order chi connectivity index (χ1) is 10.1. The molecular weight excluding hydrogens is 268 g/mol. The van der Waals surface area contributed by atoms with Crippen LogP contribution < -0.4 is 11.1 Å². The minimum absolute atomic E-state index is 0.296. The third kappa shape index (κ3) is 2.83. The smallest absolute Gasteiger partial charge is 0.340 e. The quantitative estimate of drug-likeness (QED) is 0.657. The number of esters is 1. The summed E-state index contributed by atoms with van der Waals surface area (Å²) in [6.45, 7) is 2.70. The summed E-state index contributed by atoms with van der Waals surface area (Å²) in [7, 11) is 1.37. The summed E-state index contributed by atoms with van der Waals surface area (Å²) in [4.78, 5) is 11.8. The zero-order valence-corrected chi connectivity index (χ0v) is 12.5. The van der Waals surface area contributed by atoms with Crippen LogP contribution in [0.1, 0.15) is 35.2 Å². The SMILES string of the molecule is COC(=O)c1cc(NC2CCOC2C2CC2)cc(C)c1N. The number of hydrogen-bond acceptors (Lipinski definition) is 5. The van der Waals surface area contributed by atoms with Gasteiger partial charge in [-0.05, 0) is 49.8 Å². The second-order valence-corrected chi connectivity index (χ2v) is 5.96. The summed E-state index contributed by atoms with van der Waals surface area (Å²) in [5.41, 5.74) is 8.65. The molecule has 2 unspecified atom stereocenters. The minimum atomic E-state index is -0.402. The second kappa shape index (κ2) is 5.56. The van der Waals surface area contributed by atoms with E-state index in [1.165, 1.54) is 20.0 Å². The van der Waals surface area contributed by atoms with Gasteiger partial charge < -0.3 is 20.5 Å². The molecule has 5 nitrogen and oxygen atoms in total. The van der Waals surface area contributed by atoms with Crippen LogP contribution in [0.4, 0.5) is 11.4 Å². The zero-order chi connectivity index (χ0) is 15.0. The predicted octanol–water partition coefficient (Wildman–Crippen LogP) is 2.34. The standard InChI is InChI=1S/C16H22N2O3/c1-9-7-11(8-12(14(9)17)16(19)20-2)18-13-5-6-21-15(13)10-3-4-10/h7-8,10,13,15,18H,3-6,17H2,1-2H3. The third-order valence-electron chi connectivity index (χ3n) is 4.37. The largest absolute Gasteiger partial charge is 0.465 e. The van der Waals surface area contributed by atoms with E-state index >= 15 is 0 Å². The topological polar surface area (TPSA) is 73.6 Å². The van der Waals surface area contributed by atoms with Gasteiger partial charge in [0, 0.05) is 18.0 Å². The van der Waals surface area contributed by atoms with Gasteiger partial charge in [0.25, 0.3) is 0 Å². The number of nitrogens with one attached hydrogen (secondary N) is 1. The molecule has 3 N–H and O–H groups in total. The van der Waals surface area contributed by atoms with E-state index < -0.39 is 5.97 Å². The van der Waals surface area contributed by atoms with Crippen molar-refractivity contribution in [3.05, 3.63) is 23.3 Å². The Hall–Kier alpha value is -1.75. The first-order valence-corrected chi connectivity index (χ1v) is 7.46. The monoisotopic (exact) mass is 290 g/mol. The van der Waals surface area contributed by atoms with E-state index in [4.69, 9.17) is 15.2 Å². The predicted molar refractivity (Wildman–Crippen MR) is 81.4 cm³/mol. The lowest BCUT2D eigenvalue weighted by molar-refractivity contribution is 0.0602. The van der Waals surface area contributed by atoms with Crippen LogP contribution in [0.3, 0.4) is 0 Å². The Balaban J connectivity index is 1.81. The van der Waals surface area contributed by atoms with Crippen molar-refractivity contribution in [2.45, 2.75) is 38.3 Å². The highest BCUT2D eigenvalue weighted by molar-refractivity contribution is 5.97. The van der Waals surface area contributed by atoms with Gasteiger partial charge in [0.2, 0.25) is 0 Å². The van der Waals surface area contributed by atoms with Crippen LogP contribution in [0.5, 0.6) is 0 Å². The number of carbonyl (C=O) groups excluding carboxylic acids is 1. The molecule has 2 aliphatic rings. The molecule has 0 aromatic heterocycles. The molecule has 114 valence electrons. The van der Waals surface area contributed by atoms with Crippen LogP contribution in [0.25, 0.3) is 0 Å². The summed E-state index contributed by atoms with van der Waals surface area (Å²) in [5, 5.41) is 3.51. The summed E-state index contributed by atoms with van der Waals surface area (Å²) < 4.78 is 10.6. The molecule has 1 aliphatic heterocycles. The number of rotatable bonds is 4. The highest BCUT2D eigenvalue weighted by Gasteiger charge is 2.40. The summed E-state index contributed by atoms with van der Waals surface area (Å²) in [6, 6.07) is 4.06. The number of hydrogen-bond donors (Lipinski definition) is 2. The Labute approximate surface area is 124 Å². The number of nitrogens with two attached hydrogens (primary N) is 1. The van der Waals surface area contributed by atoms with Crippen LogP contribution >= 0.6 is 0 Å². The van der Waals surface area contributed by atoms with Gasteiger partial charge in [0.15, 0.2) is 0 Å². The number of aryl methyl sites for hydroxylation is 1. The van der Waals surface area contributed by atoms with Crippen LogP contribution in [0, 0.1) is 12.8 Å². The Morgan fingerprint density at radius 2 is 2.14 bits per heavy atom. The molecule has 21 heavy (non-hydrogen) atoms. The Morgan fingerprint density at radius 1 is 1.38 bits per heavy atom. The molecular formula is C16H22N2O3. The number of ether oxygens (including phenoxy) is 2. The van der Waals surface area contributed by atoms with E-state index in [2.05, 4.69) is 5.32 Å². The first kappa shape index (κ1) is 14.2. The lowest BCUT2D eigenvalue weighted by Crippen LogP contribution is -2.31. The highest BCUT2D eigenvalue weighted by Crippen LogP contribution is 2.39. The molecule has 1 saturated heterocycles. The maximum absolute atomic E-state index is 11.8. The normalized spacial score (nSPS) is 24.9. The van der Waals surface area contributed by atoms with Crippen molar-refractivity contribution in [1.82, 2.24) is 0 Å². The maximum Gasteiger partial charge on any atom is 0.340 e. The summed E-state index contributed by atoms with van der Waals surface area (Å²) in [5.74, 6) is 0.292. The summed E-state index contributed by atoms with van der Waals surface area (Å²) >= 11 is 0. The zero-order valence-electron chi connectivity index (χ0n) is 12.5. The van der Waals surface area contributed by atoms with Crippen molar-refractivity contribution < 1.29 is 14.3 Å². The van der Waals surface area contributed by atoms with Crippen molar-refractivity contribution in [3.63, 3.8) is 0 Å². The highest BCUT2D eigenvalue weighted by atomic mass is 16.5. The molecule has 1 aromatic carbocycles. The van der Waals surface area contributed by atoms with Crippen molar-refractivity contribution in [3.8, 4) is 0 Å². The molecule has 0 amide bonds. The molecule has 0 radical (unpaired) electrons.